The van der Waals surface area contributed by atoms with E-state index in [0.29, 0.717) is 18.8 Å². The zero-order valence-electron chi connectivity index (χ0n) is 7.66. The van der Waals surface area contributed by atoms with E-state index in [2.05, 4.69) is 0 Å². The minimum absolute atomic E-state index is 0.0513. The number of carboxylic acid groups (broad SMARTS) is 1. The molecule has 12 heavy (non-hydrogen) atoms. The maximum absolute atomic E-state index is 10.3. The lowest BCUT2D eigenvalue weighted by atomic mass is 9.98. The van der Waals surface area contributed by atoms with E-state index >= 15 is 0 Å². The molecule has 0 heterocycles. The normalized spacial score (nSPS) is 16.1. The Balaban J connectivity index is 3.61. The van der Waals surface area contributed by atoms with Crippen molar-refractivity contribution in [1.82, 2.24) is 0 Å². The van der Waals surface area contributed by atoms with E-state index in [1.807, 2.05) is 13.8 Å². The summed E-state index contributed by atoms with van der Waals surface area (Å²) in [6.45, 7) is 4.02. The highest BCUT2D eigenvalue weighted by molar-refractivity contribution is 5.72. The smallest absolute Gasteiger partial charge is 0.320 e. The SMILES string of the molecule is CC(C)C(N)CC[C@H](N)C(=O)O. The van der Waals surface area contributed by atoms with Crippen molar-refractivity contribution < 1.29 is 9.90 Å². The second-order valence-corrected chi connectivity index (χ2v) is 3.43. The van der Waals surface area contributed by atoms with E-state index in [4.69, 9.17) is 16.6 Å². The van der Waals surface area contributed by atoms with Gasteiger partial charge in [0.1, 0.15) is 6.04 Å². The highest BCUT2D eigenvalue weighted by Crippen LogP contribution is 2.06. The quantitative estimate of drug-likeness (QED) is 0.554. The highest BCUT2D eigenvalue weighted by atomic mass is 16.4. The zero-order valence-corrected chi connectivity index (χ0v) is 7.66. The largest absolute Gasteiger partial charge is 0.480 e. The van der Waals surface area contributed by atoms with Crippen LogP contribution in [0.5, 0.6) is 0 Å². The summed E-state index contributed by atoms with van der Waals surface area (Å²) in [5.41, 5.74) is 11.0. The van der Waals surface area contributed by atoms with Crippen molar-refractivity contribution in [3.05, 3.63) is 0 Å². The van der Waals surface area contributed by atoms with E-state index in [1.54, 1.807) is 0 Å². The molecule has 0 rings (SSSR count). The van der Waals surface area contributed by atoms with Gasteiger partial charge in [0.15, 0.2) is 0 Å². The molecule has 1 unspecified atom stereocenters. The van der Waals surface area contributed by atoms with Crippen LogP contribution in [0.1, 0.15) is 26.7 Å². The summed E-state index contributed by atoms with van der Waals surface area (Å²) in [5.74, 6) is -0.572. The van der Waals surface area contributed by atoms with Crippen molar-refractivity contribution in [3.8, 4) is 0 Å². The number of carboxylic acids is 1. The Morgan fingerprint density at radius 2 is 1.83 bits per heavy atom. The van der Waals surface area contributed by atoms with Gasteiger partial charge < -0.3 is 16.6 Å². The fraction of sp³-hybridized carbons (Fsp3) is 0.875. The van der Waals surface area contributed by atoms with Crippen LogP contribution in [0.2, 0.25) is 0 Å². The minimum Gasteiger partial charge on any atom is -0.480 e. The van der Waals surface area contributed by atoms with Gasteiger partial charge in [-0.3, -0.25) is 4.79 Å². The van der Waals surface area contributed by atoms with Crippen molar-refractivity contribution in [2.24, 2.45) is 17.4 Å². The maximum atomic E-state index is 10.3. The molecule has 0 aliphatic rings. The van der Waals surface area contributed by atoms with Crippen LogP contribution in [0, 0.1) is 5.92 Å². The van der Waals surface area contributed by atoms with E-state index < -0.39 is 12.0 Å². The Morgan fingerprint density at radius 3 is 2.17 bits per heavy atom. The monoisotopic (exact) mass is 174 g/mol. The third-order valence-corrected chi connectivity index (χ3v) is 1.98. The average Bonchev–Trinajstić information content (AvgIpc) is 1.98. The third-order valence-electron chi connectivity index (χ3n) is 1.98. The molecular weight excluding hydrogens is 156 g/mol. The first-order valence-electron chi connectivity index (χ1n) is 4.19. The van der Waals surface area contributed by atoms with Crippen LogP contribution in [0.15, 0.2) is 0 Å². The molecule has 0 spiro atoms. The summed E-state index contributed by atoms with van der Waals surface area (Å²) >= 11 is 0. The van der Waals surface area contributed by atoms with Crippen molar-refractivity contribution in [1.29, 1.82) is 0 Å². The molecule has 0 aliphatic carbocycles. The lowest BCUT2D eigenvalue weighted by molar-refractivity contribution is -0.138. The topological polar surface area (TPSA) is 89.3 Å². The Hall–Kier alpha value is -0.610. The van der Waals surface area contributed by atoms with Crippen LogP contribution in [-0.4, -0.2) is 23.2 Å². The van der Waals surface area contributed by atoms with Crippen molar-refractivity contribution in [3.63, 3.8) is 0 Å². The molecular formula is C8H18N2O2. The molecule has 72 valence electrons. The van der Waals surface area contributed by atoms with E-state index in [-0.39, 0.29) is 6.04 Å². The van der Waals surface area contributed by atoms with Crippen LogP contribution in [0.25, 0.3) is 0 Å². The molecule has 0 saturated carbocycles. The number of hydrogen-bond donors (Lipinski definition) is 3. The van der Waals surface area contributed by atoms with Crippen molar-refractivity contribution >= 4 is 5.97 Å². The lowest BCUT2D eigenvalue weighted by Crippen LogP contribution is -2.34. The second kappa shape index (κ2) is 5.11. The predicted octanol–water partition coefficient (Wildman–Crippen LogP) is 0.162. The molecule has 2 atom stereocenters. The summed E-state index contributed by atoms with van der Waals surface area (Å²) < 4.78 is 0. The molecule has 4 nitrogen and oxygen atoms in total. The maximum Gasteiger partial charge on any atom is 0.320 e. The second-order valence-electron chi connectivity index (χ2n) is 3.43. The summed E-state index contributed by atoms with van der Waals surface area (Å²) in [6.07, 6.45) is 1.12. The van der Waals surface area contributed by atoms with Gasteiger partial charge in [-0.15, -0.1) is 0 Å². The molecule has 0 bridgehead atoms. The highest BCUT2D eigenvalue weighted by Gasteiger charge is 2.14. The molecule has 0 aromatic carbocycles. The van der Waals surface area contributed by atoms with Crippen LogP contribution < -0.4 is 11.5 Å². The molecule has 5 N–H and O–H groups in total. The third kappa shape index (κ3) is 4.31. The first-order valence-corrected chi connectivity index (χ1v) is 4.19. The van der Waals surface area contributed by atoms with E-state index in [0.717, 1.165) is 0 Å². The molecule has 0 saturated heterocycles. The Morgan fingerprint density at radius 1 is 1.33 bits per heavy atom. The van der Waals surface area contributed by atoms with Crippen molar-refractivity contribution in [2.75, 3.05) is 0 Å². The molecule has 0 aliphatic heterocycles. The predicted molar refractivity (Wildman–Crippen MR) is 47.7 cm³/mol. The summed E-state index contributed by atoms with van der Waals surface area (Å²) in [4.78, 5) is 10.3. The van der Waals surface area contributed by atoms with Gasteiger partial charge in [-0.2, -0.15) is 0 Å². The lowest BCUT2D eigenvalue weighted by Gasteiger charge is -2.16. The van der Waals surface area contributed by atoms with Gasteiger partial charge in [0.05, 0.1) is 0 Å². The Bertz CT molecular complexity index is 148. The molecule has 0 fully saturated rings. The van der Waals surface area contributed by atoms with Crippen LogP contribution in [0.4, 0.5) is 0 Å². The average molecular weight is 174 g/mol. The fourth-order valence-electron chi connectivity index (χ4n) is 0.829. The van der Waals surface area contributed by atoms with Gasteiger partial charge >= 0.3 is 5.97 Å². The Labute approximate surface area is 72.9 Å². The van der Waals surface area contributed by atoms with Crippen LogP contribution in [0.3, 0.4) is 0 Å². The number of hydrogen-bond acceptors (Lipinski definition) is 3. The molecule has 4 heteroatoms. The number of aliphatic carboxylic acids is 1. The minimum atomic E-state index is -0.953. The first-order chi connectivity index (χ1) is 5.45. The first kappa shape index (κ1) is 11.4. The van der Waals surface area contributed by atoms with Gasteiger partial charge in [-0.25, -0.2) is 0 Å². The summed E-state index contributed by atoms with van der Waals surface area (Å²) in [5, 5.41) is 8.47. The zero-order chi connectivity index (χ0) is 9.72. The van der Waals surface area contributed by atoms with Gasteiger partial charge in [0.25, 0.3) is 0 Å². The van der Waals surface area contributed by atoms with Crippen LogP contribution in [-0.2, 0) is 4.79 Å². The van der Waals surface area contributed by atoms with Crippen LogP contribution >= 0.6 is 0 Å². The molecule has 0 amide bonds. The molecule has 0 aromatic heterocycles. The molecule has 0 radical (unpaired) electrons. The van der Waals surface area contributed by atoms with E-state index in [9.17, 15) is 4.79 Å². The molecule has 0 aromatic rings. The summed E-state index contributed by atoms with van der Waals surface area (Å²) in [6, 6.07) is -0.717. The summed E-state index contributed by atoms with van der Waals surface area (Å²) in [7, 11) is 0. The van der Waals surface area contributed by atoms with Gasteiger partial charge in [-0.05, 0) is 18.8 Å². The number of rotatable bonds is 5. The van der Waals surface area contributed by atoms with Gasteiger partial charge in [0, 0.05) is 6.04 Å². The van der Waals surface area contributed by atoms with Gasteiger partial charge in [-0.1, -0.05) is 13.8 Å². The van der Waals surface area contributed by atoms with Crippen molar-refractivity contribution in [2.45, 2.75) is 38.8 Å². The van der Waals surface area contributed by atoms with E-state index in [1.165, 1.54) is 0 Å². The van der Waals surface area contributed by atoms with Gasteiger partial charge in [0.2, 0.25) is 0 Å². The standard InChI is InChI=1S/C8H18N2O2/c1-5(2)6(9)3-4-7(10)8(11)12/h5-7H,3-4,9-10H2,1-2H3,(H,11,12)/t6?,7-/m0/s1. The number of nitrogens with two attached hydrogens (primary N) is 2. The fourth-order valence-corrected chi connectivity index (χ4v) is 0.829. The number of carbonyl (C=O) groups is 1. The Kier molecular flexibility index (Phi) is 4.85.